The molecule has 204 valence electrons. The molecule has 2 aromatic heterocycles. The van der Waals surface area contributed by atoms with Crippen LogP contribution in [0.25, 0.3) is 22.4 Å². The largest absolute Gasteiger partial charge is 0.489 e. The van der Waals surface area contributed by atoms with Crippen LogP contribution in [0.2, 0.25) is 0 Å². The van der Waals surface area contributed by atoms with E-state index < -0.39 is 6.09 Å². The first kappa shape index (κ1) is 25.6. The maximum absolute atomic E-state index is 13.8. The monoisotopic (exact) mass is 537 g/mol. The molecule has 2 aromatic carbocycles. The smallest absolute Gasteiger partial charge is 0.407 e. The summed E-state index contributed by atoms with van der Waals surface area (Å²) in [5.41, 5.74) is 6.16. The third-order valence-electron chi connectivity index (χ3n) is 7.34. The van der Waals surface area contributed by atoms with Gasteiger partial charge in [0, 0.05) is 30.1 Å². The van der Waals surface area contributed by atoms with Crippen LogP contribution in [0.15, 0.2) is 73.1 Å². The van der Waals surface area contributed by atoms with Gasteiger partial charge >= 0.3 is 6.09 Å². The van der Waals surface area contributed by atoms with Gasteiger partial charge in [0.1, 0.15) is 29.8 Å². The minimum absolute atomic E-state index is 0.137. The van der Waals surface area contributed by atoms with Gasteiger partial charge in [-0.05, 0) is 46.9 Å². The van der Waals surface area contributed by atoms with Crippen molar-refractivity contribution in [2.75, 3.05) is 19.6 Å². The number of ether oxygens (including phenoxy) is 2. The Morgan fingerprint density at radius 1 is 0.975 bits per heavy atom. The lowest BCUT2D eigenvalue weighted by Gasteiger charge is -2.29. The molecule has 1 N–H and O–H groups in total. The van der Waals surface area contributed by atoms with Crippen molar-refractivity contribution in [3.8, 4) is 28.1 Å². The number of hydrogen-bond donors (Lipinski definition) is 1. The van der Waals surface area contributed by atoms with E-state index in [1.165, 1.54) is 5.56 Å². The molecular weight excluding hydrogens is 506 g/mol. The molecule has 9 heteroatoms. The Hall–Kier alpha value is -4.66. The van der Waals surface area contributed by atoms with Crippen LogP contribution in [0.4, 0.5) is 4.79 Å². The number of hydrogen-bond acceptors (Lipinski definition) is 6. The van der Waals surface area contributed by atoms with E-state index in [1.807, 2.05) is 36.4 Å². The Bertz CT molecular complexity index is 1510. The molecule has 4 heterocycles. The van der Waals surface area contributed by atoms with E-state index in [0.29, 0.717) is 44.4 Å². The molecule has 0 aliphatic carbocycles. The van der Waals surface area contributed by atoms with E-state index in [1.54, 1.807) is 22.0 Å². The second-order valence-corrected chi connectivity index (χ2v) is 10.4. The van der Waals surface area contributed by atoms with Gasteiger partial charge in [-0.1, -0.05) is 50.2 Å². The molecule has 1 saturated heterocycles. The van der Waals surface area contributed by atoms with E-state index in [9.17, 15) is 9.59 Å². The van der Waals surface area contributed by atoms with Gasteiger partial charge < -0.3 is 19.7 Å². The summed E-state index contributed by atoms with van der Waals surface area (Å²) in [7, 11) is 0. The summed E-state index contributed by atoms with van der Waals surface area (Å²) in [4.78, 5) is 31.2. The van der Waals surface area contributed by atoms with E-state index in [0.717, 1.165) is 33.7 Å². The van der Waals surface area contributed by atoms with Crippen LogP contribution < -0.4 is 10.1 Å². The molecule has 9 nitrogen and oxygen atoms in total. The second kappa shape index (κ2) is 10.8. The van der Waals surface area contributed by atoms with Crippen molar-refractivity contribution in [2.45, 2.75) is 39.0 Å². The zero-order chi connectivity index (χ0) is 27.6. The lowest BCUT2D eigenvalue weighted by molar-refractivity contribution is 0.0579. The molecule has 1 atom stereocenters. The molecule has 40 heavy (non-hydrogen) atoms. The third kappa shape index (κ3) is 5.14. The summed E-state index contributed by atoms with van der Waals surface area (Å²) in [6, 6.07) is 20.1. The van der Waals surface area contributed by atoms with E-state index in [4.69, 9.17) is 14.6 Å². The first-order chi connectivity index (χ1) is 19.5. The highest BCUT2D eigenvalue weighted by Crippen LogP contribution is 2.37. The van der Waals surface area contributed by atoms with Crippen molar-refractivity contribution >= 4 is 12.0 Å². The number of amides is 2. The average Bonchev–Trinajstić information content (AvgIpc) is 3.58. The van der Waals surface area contributed by atoms with Crippen molar-refractivity contribution in [1.29, 1.82) is 0 Å². The fourth-order valence-electron chi connectivity index (χ4n) is 5.13. The molecule has 0 radical (unpaired) electrons. The summed E-state index contributed by atoms with van der Waals surface area (Å²) in [6.07, 6.45) is 2.62. The molecule has 0 saturated carbocycles. The Morgan fingerprint density at radius 3 is 2.40 bits per heavy atom. The minimum Gasteiger partial charge on any atom is -0.489 e. The maximum atomic E-state index is 13.8. The minimum atomic E-state index is -0.449. The number of nitrogens with zero attached hydrogens (tertiary/aromatic N) is 4. The van der Waals surface area contributed by atoms with Gasteiger partial charge in [-0.25, -0.2) is 4.79 Å². The molecule has 0 spiro atoms. The first-order valence-corrected chi connectivity index (χ1v) is 13.5. The number of alkyl carbamates (subject to hydrolysis) is 1. The molecule has 1 fully saturated rings. The van der Waals surface area contributed by atoms with E-state index in [2.05, 4.69) is 48.4 Å². The van der Waals surface area contributed by atoms with Gasteiger partial charge in [0.15, 0.2) is 0 Å². The topological polar surface area (TPSA) is 98.6 Å². The predicted molar refractivity (Wildman–Crippen MR) is 150 cm³/mol. The number of benzene rings is 2. The maximum Gasteiger partial charge on any atom is 0.407 e. The van der Waals surface area contributed by atoms with E-state index >= 15 is 0 Å². The number of aromatic nitrogens is 3. The molecule has 6 rings (SSSR count). The molecular formula is C31H31N5O4. The Kier molecular flexibility index (Phi) is 6.94. The van der Waals surface area contributed by atoms with Crippen molar-refractivity contribution in [1.82, 2.24) is 25.0 Å². The van der Waals surface area contributed by atoms with Crippen LogP contribution in [-0.2, 0) is 17.9 Å². The zero-order valence-electron chi connectivity index (χ0n) is 22.5. The SMILES string of the molecule is CC(C)c1ccc(COc2ccc(-c3c(-c4ccncc4)nn4c3C(=O)N(CC3CNC(=O)O3)CC4)cc2)cc1. The molecule has 2 aliphatic heterocycles. The molecule has 4 aromatic rings. The lowest BCUT2D eigenvalue weighted by Crippen LogP contribution is -2.45. The highest BCUT2D eigenvalue weighted by atomic mass is 16.6. The van der Waals surface area contributed by atoms with Crippen molar-refractivity contribution in [3.63, 3.8) is 0 Å². The third-order valence-corrected chi connectivity index (χ3v) is 7.34. The van der Waals surface area contributed by atoms with Crippen LogP contribution in [0.3, 0.4) is 0 Å². The number of pyridine rings is 1. The highest BCUT2D eigenvalue weighted by molar-refractivity contribution is 6.03. The number of carbonyl (C=O) groups excluding carboxylic acids is 2. The molecule has 0 bridgehead atoms. The number of fused-ring (bicyclic) bond motifs is 1. The quantitative estimate of drug-likeness (QED) is 0.344. The Balaban J connectivity index is 1.28. The van der Waals surface area contributed by atoms with Crippen LogP contribution in [0.5, 0.6) is 5.75 Å². The van der Waals surface area contributed by atoms with Gasteiger partial charge in [-0.15, -0.1) is 0 Å². The molecule has 1 unspecified atom stereocenters. The Labute approximate surface area is 232 Å². The van der Waals surface area contributed by atoms with Gasteiger partial charge in [0.05, 0.1) is 19.6 Å². The number of carbonyl (C=O) groups is 2. The summed E-state index contributed by atoms with van der Waals surface area (Å²) < 4.78 is 13.1. The first-order valence-electron chi connectivity index (χ1n) is 13.5. The Morgan fingerprint density at radius 2 is 1.73 bits per heavy atom. The lowest BCUT2D eigenvalue weighted by atomic mass is 9.98. The fourth-order valence-corrected chi connectivity index (χ4v) is 5.13. The molecule has 2 aliphatic rings. The summed E-state index contributed by atoms with van der Waals surface area (Å²) in [5.74, 6) is 1.10. The summed E-state index contributed by atoms with van der Waals surface area (Å²) in [5, 5.41) is 7.51. The van der Waals surface area contributed by atoms with Gasteiger partial charge in [0.25, 0.3) is 5.91 Å². The average molecular weight is 538 g/mol. The highest BCUT2D eigenvalue weighted by Gasteiger charge is 2.35. The summed E-state index contributed by atoms with van der Waals surface area (Å²) in [6.45, 7) is 6.58. The normalized spacial score (nSPS) is 16.6. The fraction of sp³-hybridized carbons (Fsp3) is 0.290. The van der Waals surface area contributed by atoms with E-state index in [-0.39, 0.29) is 12.0 Å². The van der Waals surface area contributed by atoms with Crippen molar-refractivity contribution < 1.29 is 19.1 Å². The zero-order valence-corrected chi connectivity index (χ0v) is 22.5. The van der Waals surface area contributed by atoms with Gasteiger partial charge in [0.2, 0.25) is 0 Å². The van der Waals surface area contributed by atoms with Crippen molar-refractivity contribution in [2.24, 2.45) is 0 Å². The summed E-state index contributed by atoms with van der Waals surface area (Å²) >= 11 is 0. The predicted octanol–water partition coefficient (Wildman–Crippen LogP) is 4.88. The second-order valence-electron chi connectivity index (χ2n) is 10.4. The number of cyclic esters (lactones) is 1. The van der Waals surface area contributed by atoms with Crippen molar-refractivity contribution in [3.05, 3.63) is 89.9 Å². The van der Waals surface area contributed by atoms with Crippen LogP contribution in [-0.4, -0.2) is 57.4 Å². The number of nitrogens with one attached hydrogen (secondary N) is 1. The van der Waals surface area contributed by atoms with Gasteiger partial charge in [-0.3, -0.25) is 14.5 Å². The standard InChI is InChI=1S/C31H31N5O4/c1-20(2)22-5-3-21(4-6-22)19-39-25-9-7-23(8-10-25)27-28(24-11-13-32-14-12-24)34-36-16-15-35(30(37)29(27)36)18-26-17-33-31(38)40-26/h3-14,20,26H,15-19H2,1-2H3,(H,33,38). The van der Waals surface area contributed by atoms with Gasteiger partial charge in [-0.2, -0.15) is 5.10 Å². The van der Waals surface area contributed by atoms with Crippen LogP contribution in [0.1, 0.15) is 41.4 Å². The van der Waals surface area contributed by atoms with Crippen LogP contribution in [0, 0.1) is 0 Å². The molecule has 2 amide bonds. The van der Waals surface area contributed by atoms with Crippen LogP contribution >= 0.6 is 0 Å². The number of rotatable bonds is 8.